The summed E-state index contributed by atoms with van der Waals surface area (Å²) in [6, 6.07) is 0. The SMILES string of the molecule is CC(O)CO.CCCCCCCCCCCS(=O)CCCCCCCCCCC. The van der Waals surface area contributed by atoms with Crippen LogP contribution in [-0.4, -0.2) is 38.6 Å². The van der Waals surface area contributed by atoms with Crippen LogP contribution in [0, 0.1) is 0 Å². The molecule has 0 aliphatic carbocycles. The molecule has 3 nitrogen and oxygen atoms in total. The zero-order valence-corrected chi connectivity index (χ0v) is 21.0. The predicted molar refractivity (Wildman–Crippen MR) is 131 cm³/mol. The van der Waals surface area contributed by atoms with Gasteiger partial charge in [0.2, 0.25) is 0 Å². The summed E-state index contributed by atoms with van der Waals surface area (Å²) in [5, 5.41) is 16.0. The Kier molecular flexibility index (Phi) is 30.3. The largest absolute Gasteiger partial charge is 0.394 e. The predicted octanol–water partition coefficient (Wildman–Crippen LogP) is 7.16. The Morgan fingerprint density at radius 3 is 1.07 bits per heavy atom. The Bertz CT molecular complexity index is 284. The zero-order valence-electron chi connectivity index (χ0n) is 20.1. The standard InChI is InChI=1S/C22H46OS.C3H8O2/c1-3-5-7-9-11-13-15-17-19-21-24(23)22-20-18-16-14-12-10-8-6-4-2;1-3(5)2-4/h3-22H2,1-2H3;3-5H,2H2,1H3. The van der Waals surface area contributed by atoms with Gasteiger partial charge in [-0.15, -0.1) is 0 Å². The van der Waals surface area contributed by atoms with Crippen molar-refractivity contribution in [2.75, 3.05) is 18.1 Å². The van der Waals surface area contributed by atoms with Crippen molar-refractivity contribution in [2.24, 2.45) is 0 Å². The highest BCUT2D eigenvalue weighted by atomic mass is 32.2. The third-order valence-corrected chi connectivity index (χ3v) is 6.70. The van der Waals surface area contributed by atoms with Crippen molar-refractivity contribution in [3.05, 3.63) is 0 Å². The van der Waals surface area contributed by atoms with Gasteiger partial charge in [-0.2, -0.15) is 0 Å². The molecule has 0 spiro atoms. The molecule has 0 rings (SSSR count). The van der Waals surface area contributed by atoms with E-state index in [9.17, 15) is 4.21 Å². The first kappa shape index (κ1) is 31.3. The quantitative estimate of drug-likeness (QED) is 0.188. The molecule has 0 aromatic carbocycles. The summed E-state index contributed by atoms with van der Waals surface area (Å²) >= 11 is 0. The molecule has 0 saturated heterocycles. The molecular formula is C25H54O3S. The number of aliphatic hydroxyl groups is 2. The fourth-order valence-electron chi connectivity index (χ4n) is 3.25. The highest BCUT2D eigenvalue weighted by molar-refractivity contribution is 7.84. The molecule has 0 radical (unpaired) electrons. The Morgan fingerprint density at radius 2 is 0.828 bits per heavy atom. The van der Waals surface area contributed by atoms with Crippen LogP contribution in [0.2, 0.25) is 0 Å². The van der Waals surface area contributed by atoms with Crippen molar-refractivity contribution in [3.63, 3.8) is 0 Å². The van der Waals surface area contributed by atoms with Crippen molar-refractivity contribution < 1.29 is 14.4 Å². The molecule has 1 unspecified atom stereocenters. The van der Waals surface area contributed by atoms with Crippen LogP contribution in [0.1, 0.15) is 136 Å². The van der Waals surface area contributed by atoms with E-state index in [1.54, 1.807) is 0 Å². The minimum absolute atomic E-state index is 0.139. The second kappa shape index (κ2) is 28.1. The van der Waals surface area contributed by atoms with E-state index >= 15 is 0 Å². The van der Waals surface area contributed by atoms with Crippen LogP contribution >= 0.6 is 0 Å². The second-order valence-corrected chi connectivity index (χ2v) is 10.2. The first-order valence-electron chi connectivity index (χ1n) is 12.7. The Hall–Kier alpha value is 0.0700. The van der Waals surface area contributed by atoms with Gasteiger partial charge in [-0.05, 0) is 19.8 Å². The lowest BCUT2D eigenvalue weighted by Crippen LogP contribution is -2.03. The monoisotopic (exact) mass is 434 g/mol. The lowest BCUT2D eigenvalue weighted by molar-refractivity contribution is 0.110. The normalized spacial score (nSPS) is 12.1. The topological polar surface area (TPSA) is 57.5 Å². The van der Waals surface area contributed by atoms with Crippen LogP contribution in [0.15, 0.2) is 0 Å². The molecule has 0 aromatic heterocycles. The van der Waals surface area contributed by atoms with E-state index in [1.807, 2.05) is 0 Å². The molecular weight excluding hydrogens is 380 g/mol. The van der Waals surface area contributed by atoms with Gasteiger partial charge < -0.3 is 10.2 Å². The number of unbranched alkanes of at least 4 members (excludes halogenated alkanes) is 16. The second-order valence-electron chi connectivity index (χ2n) is 8.54. The molecule has 4 heteroatoms. The molecule has 0 bridgehead atoms. The third-order valence-electron chi connectivity index (χ3n) is 5.22. The van der Waals surface area contributed by atoms with Crippen LogP contribution in [0.4, 0.5) is 0 Å². The van der Waals surface area contributed by atoms with Gasteiger partial charge in [0.15, 0.2) is 0 Å². The number of aliphatic hydroxyl groups excluding tert-OH is 2. The molecule has 0 amide bonds. The average Bonchev–Trinajstić information content (AvgIpc) is 2.71. The molecule has 0 aromatic rings. The van der Waals surface area contributed by atoms with Crippen LogP contribution in [-0.2, 0) is 10.8 Å². The first-order chi connectivity index (χ1) is 14.1. The van der Waals surface area contributed by atoms with E-state index in [2.05, 4.69) is 13.8 Å². The number of rotatable bonds is 21. The van der Waals surface area contributed by atoms with Gasteiger partial charge in [0.05, 0.1) is 12.7 Å². The van der Waals surface area contributed by atoms with Crippen molar-refractivity contribution in [2.45, 2.75) is 142 Å². The summed E-state index contributed by atoms with van der Waals surface area (Å²) in [6.07, 6.45) is 23.8. The van der Waals surface area contributed by atoms with Crippen molar-refractivity contribution >= 4 is 10.8 Å². The van der Waals surface area contributed by atoms with Gasteiger partial charge in [0, 0.05) is 22.3 Å². The lowest BCUT2D eigenvalue weighted by Gasteiger charge is -2.04. The van der Waals surface area contributed by atoms with Crippen LogP contribution in [0.25, 0.3) is 0 Å². The maximum absolute atomic E-state index is 12.0. The highest BCUT2D eigenvalue weighted by Gasteiger charge is 2.00. The number of hydrogen-bond donors (Lipinski definition) is 2. The summed E-state index contributed by atoms with van der Waals surface area (Å²) in [4.78, 5) is 0. The Balaban J connectivity index is 0. The van der Waals surface area contributed by atoms with E-state index in [0.717, 1.165) is 11.5 Å². The highest BCUT2D eigenvalue weighted by Crippen LogP contribution is 2.11. The summed E-state index contributed by atoms with van der Waals surface area (Å²) in [6.45, 7) is 5.93. The van der Waals surface area contributed by atoms with Crippen molar-refractivity contribution in [1.29, 1.82) is 0 Å². The minimum Gasteiger partial charge on any atom is -0.394 e. The summed E-state index contributed by atoms with van der Waals surface area (Å²) in [7, 11) is -0.543. The van der Waals surface area contributed by atoms with E-state index in [1.165, 1.54) is 122 Å². The maximum Gasteiger partial charge on any atom is 0.0742 e. The molecule has 0 saturated carbocycles. The fraction of sp³-hybridized carbons (Fsp3) is 1.00. The summed E-state index contributed by atoms with van der Waals surface area (Å²) in [5.41, 5.74) is 0. The smallest absolute Gasteiger partial charge is 0.0742 e. The Labute approximate surface area is 185 Å². The molecule has 178 valence electrons. The molecule has 29 heavy (non-hydrogen) atoms. The van der Waals surface area contributed by atoms with Crippen molar-refractivity contribution in [1.82, 2.24) is 0 Å². The van der Waals surface area contributed by atoms with Crippen LogP contribution in [0.5, 0.6) is 0 Å². The fourth-order valence-corrected chi connectivity index (χ4v) is 4.51. The van der Waals surface area contributed by atoms with E-state index in [0.29, 0.717) is 0 Å². The summed E-state index contributed by atoms with van der Waals surface area (Å²) < 4.78 is 12.0. The van der Waals surface area contributed by atoms with Gasteiger partial charge in [-0.1, -0.05) is 117 Å². The van der Waals surface area contributed by atoms with E-state index in [-0.39, 0.29) is 6.61 Å². The first-order valence-corrected chi connectivity index (χ1v) is 14.2. The molecule has 1 atom stereocenters. The van der Waals surface area contributed by atoms with Crippen LogP contribution in [0.3, 0.4) is 0 Å². The maximum atomic E-state index is 12.0. The average molecular weight is 435 g/mol. The van der Waals surface area contributed by atoms with Gasteiger partial charge in [-0.3, -0.25) is 4.21 Å². The lowest BCUT2D eigenvalue weighted by atomic mass is 10.1. The molecule has 0 aliphatic rings. The number of hydrogen-bond acceptors (Lipinski definition) is 3. The Morgan fingerprint density at radius 1 is 0.586 bits per heavy atom. The van der Waals surface area contributed by atoms with Gasteiger partial charge in [0.25, 0.3) is 0 Å². The van der Waals surface area contributed by atoms with Gasteiger partial charge >= 0.3 is 0 Å². The summed E-state index contributed by atoms with van der Waals surface area (Å²) in [5.74, 6) is 1.90. The van der Waals surface area contributed by atoms with Gasteiger partial charge in [-0.25, -0.2) is 0 Å². The zero-order chi connectivity index (χ0) is 22.0. The van der Waals surface area contributed by atoms with E-state index < -0.39 is 16.9 Å². The third kappa shape index (κ3) is 32.9. The molecule has 0 heterocycles. The van der Waals surface area contributed by atoms with Crippen LogP contribution < -0.4 is 0 Å². The molecule has 2 N–H and O–H groups in total. The molecule has 0 aliphatic heterocycles. The minimum atomic E-state index is -0.560. The molecule has 0 fully saturated rings. The van der Waals surface area contributed by atoms with E-state index in [4.69, 9.17) is 10.2 Å². The van der Waals surface area contributed by atoms with Crippen molar-refractivity contribution in [3.8, 4) is 0 Å². The van der Waals surface area contributed by atoms with Gasteiger partial charge in [0.1, 0.15) is 0 Å².